The van der Waals surface area contributed by atoms with E-state index in [1.165, 1.54) is 0 Å². The molecule has 0 N–H and O–H groups in total. The third kappa shape index (κ3) is 2.77. The number of aromatic nitrogens is 4. The summed E-state index contributed by atoms with van der Waals surface area (Å²) in [5.74, 6) is 1.61. The Morgan fingerprint density at radius 1 is 1.36 bits per heavy atom. The number of hydrogen-bond acceptors (Lipinski definition) is 3. The molecule has 0 saturated carbocycles. The number of hydrogen-bond donors (Lipinski definition) is 0. The maximum Gasteiger partial charge on any atom is 0.270 e. The van der Waals surface area contributed by atoms with E-state index in [0.29, 0.717) is 5.92 Å². The molecule has 0 aliphatic carbocycles. The lowest BCUT2D eigenvalue weighted by Crippen LogP contribution is -2.39. The van der Waals surface area contributed by atoms with Gasteiger partial charge in [0.1, 0.15) is 17.8 Å². The third-order valence-electron chi connectivity index (χ3n) is 4.42. The average Bonchev–Trinajstić information content (AvgIpc) is 3.16. The second-order valence-corrected chi connectivity index (χ2v) is 5.95. The van der Waals surface area contributed by atoms with E-state index in [2.05, 4.69) is 21.7 Å². The van der Waals surface area contributed by atoms with Crippen molar-refractivity contribution in [3.8, 4) is 0 Å². The van der Waals surface area contributed by atoms with Gasteiger partial charge in [0.05, 0.1) is 0 Å². The molecule has 0 atom stereocenters. The van der Waals surface area contributed by atoms with Crippen molar-refractivity contribution in [2.45, 2.75) is 38.6 Å². The molecule has 0 radical (unpaired) electrons. The van der Waals surface area contributed by atoms with Crippen LogP contribution < -0.4 is 0 Å². The smallest absolute Gasteiger partial charge is 0.270 e. The van der Waals surface area contributed by atoms with Crippen LogP contribution in [0.25, 0.3) is 0 Å². The molecule has 2 aromatic heterocycles. The molecule has 0 bridgehead atoms. The van der Waals surface area contributed by atoms with Gasteiger partial charge in [-0.3, -0.25) is 4.79 Å². The monoisotopic (exact) mass is 301 g/mol. The SMILES string of the molecule is CCCn1cnnc1C1CCN(C(=O)c2cccn2C)CC1. The van der Waals surface area contributed by atoms with Crippen LogP contribution in [0.2, 0.25) is 0 Å². The Bertz CT molecular complexity index is 637. The third-order valence-corrected chi connectivity index (χ3v) is 4.42. The number of carbonyl (C=O) groups excluding carboxylic acids is 1. The largest absolute Gasteiger partial charge is 0.347 e. The summed E-state index contributed by atoms with van der Waals surface area (Å²) < 4.78 is 4.03. The molecule has 0 aromatic carbocycles. The van der Waals surface area contributed by atoms with E-state index < -0.39 is 0 Å². The van der Waals surface area contributed by atoms with Crippen LogP contribution in [-0.2, 0) is 13.6 Å². The zero-order valence-corrected chi connectivity index (χ0v) is 13.3. The van der Waals surface area contributed by atoms with Gasteiger partial charge < -0.3 is 14.0 Å². The fourth-order valence-corrected chi connectivity index (χ4v) is 3.18. The molecule has 6 nitrogen and oxygen atoms in total. The standard InChI is InChI=1S/C16H23N5O/c1-3-8-21-12-17-18-15(21)13-6-10-20(11-7-13)16(22)14-5-4-9-19(14)2/h4-5,9,12-13H,3,6-8,10-11H2,1-2H3. The highest BCUT2D eigenvalue weighted by Crippen LogP contribution is 2.27. The molecule has 3 heterocycles. The number of rotatable bonds is 4. The van der Waals surface area contributed by atoms with Crippen molar-refractivity contribution in [2.24, 2.45) is 7.05 Å². The molecule has 3 rings (SSSR count). The summed E-state index contributed by atoms with van der Waals surface area (Å²) in [6, 6.07) is 3.79. The van der Waals surface area contributed by atoms with Crippen LogP contribution in [0.15, 0.2) is 24.7 Å². The zero-order valence-electron chi connectivity index (χ0n) is 13.3. The van der Waals surface area contributed by atoms with Crippen molar-refractivity contribution in [3.05, 3.63) is 36.2 Å². The van der Waals surface area contributed by atoms with Gasteiger partial charge in [0.25, 0.3) is 5.91 Å². The molecular formula is C16H23N5O. The molecule has 118 valence electrons. The van der Waals surface area contributed by atoms with E-state index in [9.17, 15) is 4.79 Å². The first-order chi connectivity index (χ1) is 10.7. The Hall–Kier alpha value is -2.11. The van der Waals surface area contributed by atoms with Gasteiger partial charge in [-0.05, 0) is 31.4 Å². The Balaban J connectivity index is 1.64. The molecule has 1 fully saturated rings. The molecular weight excluding hydrogens is 278 g/mol. The Morgan fingerprint density at radius 2 is 2.14 bits per heavy atom. The van der Waals surface area contributed by atoms with Gasteiger partial charge in [-0.2, -0.15) is 0 Å². The highest BCUT2D eigenvalue weighted by Gasteiger charge is 2.27. The lowest BCUT2D eigenvalue weighted by atomic mass is 9.95. The highest BCUT2D eigenvalue weighted by molar-refractivity contribution is 5.92. The van der Waals surface area contributed by atoms with Gasteiger partial charge in [-0.25, -0.2) is 0 Å². The number of amides is 1. The first-order valence-electron chi connectivity index (χ1n) is 7.99. The van der Waals surface area contributed by atoms with Crippen LogP contribution in [0.5, 0.6) is 0 Å². The maximum absolute atomic E-state index is 12.5. The molecule has 2 aromatic rings. The molecule has 0 spiro atoms. The summed E-state index contributed by atoms with van der Waals surface area (Å²) in [6.07, 6.45) is 6.72. The topological polar surface area (TPSA) is 56.0 Å². The highest BCUT2D eigenvalue weighted by atomic mass is 16.2. The minimum absolute atomic E-state index is 0.126. The van der Waals surface area contributed by atoms with E-state index >= 15 is 0 Å². The van der Waals surface area contributed by atoms with Crippen molar-refractivity contribution in [2.75, 3.05) is 13.1 Å². The molecule has 0 unspecified atom stereocenters. The van der Waals surface area contributed by atoms with E-state index in [1.54, 1.807) is 0 Å². The summed E-state index contributed by atoms with van der Waals surface area (Å²) in [5, 5.41) is 8.35. The van der Waals surface area contributed by atoms with Gasteiger partial charge in [0, 0.05) is 38.8 Å². The minimum atomic E-state index is 0.126. The summed E-state index contributed by atoms with van der Waals surface area (Å²) in [5.41, 5.74) is 0.757. The van der Waals surface area contributed by atoms with Crippen molar-refractivity contribution in [3.63, 3.8) is 0 Å². The minimum Gasteiger partial charge on any atom is -0.347 e. The number of aryl methyl sites for hydroxylation is 2. The lowest BCUT2D eigenvalue weighted by molar-refractivity contribution is 0.0700. The van der Waals surface area contributed by atoms with Crippen LogP contribution >= 0.6 is 0 Å². The average molecular weight is 301 g/mol. The molecule has 1 amide bonds. The van der Waals surface area contributed by atoms with Gasteiger partial charge in [-0.1, -0.05) is 6.92 Å². The van der Waals surface area contributed by atoms with Crippen LogP contribution in [0.4, 0.5) is 0 Å². The summed E-state index contributed by atoms with van der Waals surface area (Å²) in [7, 11) is 1.91. The number of likely N-dealkylation sites (tertiary alicyclic amines) is 1. The fraction of sp³-hybridized carbons (Fsp3) is 0.562. The van der Waals surface area contributed by atoms with Crippen molar-refractivity contribution >= 4 is 5.91 Å². The predicted octanol–water partition coefficient (Wildman–Crippen LogP) is 2.05. The van der Waals surface area contributed by atoms with Gasteiger partial charge in [0.2, 0.25) is 0 Å². The van der Waals surface area contributed by atoms with Crippen LogP contribution in [0.1, 0.15) is 48.4 Å². The zero-order chi connectivity index (χ0) is 15.5. The van der Waals surface area contributed by atoms with E-state index in [1.807, 2.05) is 41.2 Å². The van der Waals surface area contributed by atoms with Gasteiger partial charge in [-0.15, -0.1) is 10.2 Å². The summed E-state index contributed by atoms with van der Waals surface area (Å²) in [6.45, 7) is 4.69. The normalized spacial score (nSPS) is 16.2. The van der Waals surface area contributed by atoms with Gasteiger partial charge in [0.15, 0.2) is 0 Å². The summed E-state index contributed by atoms with van der Waals surface area (Å²) >= 11 is 0. The fourth-order valence-electron chi connectivity index (χ4n) is 3.18. The van der Waals surface area contributed by atoms with Crippen LogP contribution in [0, 0.1) is 0 Å². The van der Waals surface area contributed by atoms with Crippen LogP contribution in [0.3, 0.4) is 0 Å². The Kier molecular flexibility index (Phi) is 4.27. The Labute approximate surface area is 130 Å². The first-order valence-corrected chi connectivity index (χ1v) is 7.99. The van der Waals surface area contributed by atoms with E-state index in [0.717, 1.165) is 50.4 Å². The molecule has 1 saturated heterocycles. The van der Waals surface area contributed by atoms with Crippen molar-refractivity contribution in [1.29, 1.82) is 0 Å². The van der Waals surface area contributed by atoms with Gasteiger partial charge >= 0.3 is 0 Å². The van der Waals surface area contributed by atoms with E-state index in [-0.39, 0.29) is 5.91 Å². The molecule has 1 aliphatic heterocycles. The van der Waals surface area contributed by atoms with Crippen molar-refractivity contribution in [1.82, 2.24) is 24.2 Å². The van der Waals surface area contributed by atoms with Crippen molar-refractivity contribution < 1.29 is 4.79 Å². The lowest BCUT2D eigenvalue weighted by Gasteiger charge is -2.31. The number of carbonyl (C=O) groups is 1. The number of piperidine rings is 1. The quantitative estimate of drug-likeness (QED) is 0.868. The van der Waals surface area contributed by atoms with E-state index in [4.69, 9.17) is 0 Å². The second-order valence-electron chi connectivity index (χ2n) is 5.95. The first kappa shape index (κ1) is 14.8. The second kappa shape index (κ2) is 6.34. The maximum atomic E-state index is 12.5. The van der Waals surface area contributed by atoms with Crippen LogP contribution in [-0.4, -0.2) is 43.2 Å². The molecule has 6 heteroatoms. The molecule has 1 aliphatic rings. The number of nitrogens with zero attached hydrogens (tertiary/aromatic N) is 5. The summed E-state index contributed by atoms with van der Waals surface area (Å²) in [4.78, 5) is 14.5. The Morgan fingerprint density at radius 3 is 2.77 bits per heavy atom. The molecule has 22 heavy (non-hydrogen) atoms. The predicted molar refractivity (Wildman–Crippen MR) is 83.6 cm³/mol.